The molecule has 1 aliphatic carbocycles. The lowest BCUT2D eigenvalue weighted by Crippen LogP contribution is -2.45. The number of rotatable bonds is 4. The number of likely N-dealkylation sites (tertiary alicyclic amines) is 2. The number of fused-ring (bicyclic) bond motifs is 1. The van der Waals surface area contributed by atoms with Gasteiger partial charge in [0, 0.05) is 39.6 Å². The molecule has 1 aromatic carbocycles. The van der Waals surface area contributed by atoms with Gasteiger partial charge in [0.1, 0.15) is 5.69 Å². The van der Waals surface area contributed by atoms with Gasteiger partial charge < -0.3 is 9.80 Å². The Balaban J connectivity index is 1.17. The third-order valence-corrected chi connectivity index (χ3v) is 8.08. The number of aryl methyl sites for hydroxylation is 2. The number of hydrogen-bond acceptors (Lipinski definition) is 5. The molecular weight excluding hydrogens is 434 g/mol. The van der Waals surface area contributed by atoms with Gasteiger partial charge in [-0.1, -0.05) is 24.3 Å². The summed E-state index contributed by atoms with van der Waals surface area (Å²) in [4.78, 5) is 40.9. The Hall–Kier alpha value is -3.23. The number of amides is 2. The van der Waals surface area contributed by atoms with Gasteiger partial charge in [-0.25, -0.2) is 0 Å². The Morgan fingerprint density at radius 1 is 1.09 bits per heavy atom. The molecule has 9 heteroatoms. The smallest absolute Gasteiger partial charge is 0.322 e. The molecule has 2 aliphatic heterocycles. The molecule has 0 saturated carbocycles. The van der Waals surface area contributed by atoms with E-state index in [-0.39, 0.29) is 34.3 Å². The van der Waals surface area contributed by atoms with Gasteiger partial charge in [-0.15, -0.1) is 0 Å². The van der Waals surface area contributed by atoms with Crippen LogP contribution < -0.4 is 0 Å². The van der Waals surface area contributed by atoms with Gasteiger partial charge in [-0.3, -0.25) is 24.4 Å². The molecule has 2 amide bonds. The van der Waals surface area contributed by atoms with Crippen LogP contribution >= 0.6 is 0 Å². The van der Waals surface area contributed by atoms with Crippen molar-refractivity contribution in [2.24, 2.45) is 18.4 Å². The van der Waals surface area contributed by atoms with Gasteiger partial charge in [0.15, 0.2) is 0 Å². The van der Waals surface area contributed by atoms with E-state index in [0.717, 1.165) is 32.1 Å². The molecule has 9 nitrogen and oxygen atoms in total. The minimum Gasteiger partial charge on any atom is -0.343 e. The molecule has 0 unspecified atom stereocenters. The van der Waals surface area contributed by atoms with E-state index in [2.05, 4.69) is 29.4 Å². The lowest BCUT2D eigenvalue weighted by atomic mass is 9.77. The summed E-state index contributed by atoms with van der Waals surface area (Å²) in [5, 5.41) is 15.6. The van der Waals surface area contributed by atoms with E-state index in [1.54, 1.807) is 18.9 Å². The van der Waals surface area contributed by atoms with E-state index in [9.17, 15) is 19.7 Å². The zero-order valence-corrected chi connectivity index (χ0v) is 19.8. The van der Waals surface area contributed by atoms with E-state index in [0.29, 0.717) is 38.5 Å². The van der Waals surface area contributed by atoms with E-state index >= 15 is 0 Å². The summed E-state index contributed by atoms with van der Waals surface area (Å²) in [6, 6.07) is 8.46. The molecule has 1 spiro atoms. The minimum absolute atomic E-state index is 0.0154. The number of aromatic nitrogens is 2. The number of piperidine rings is 1. The number of hydrogen-bond donors (Lipinski definition) is 0. The van der Waals surface area contributed by atoms with E-state index in [1.807, 2.05) is 4.90 Å². The van der Waals surface area contributed by atoms with Crippen molar-refractivity contribution in [3.05, 3.63) is 56.9 Å². The molecule has 2 fully saturated rings. The van der Waals surface area contributed by atoms with Crippen molar-refractivity contribution >= 4 is 17.5 Å². The first-order valence-electron chi connectivity index (χ1n) is 12.1. The maximum Gasteiger partial charge on any atom is 0.322 e. The Kier molecular flexibility index (Phi) is 5.65. The molecule has 0 N–H and O–H groups in total. The highest BCUT2D eigenvalue weighted by Gasteiger charge is 2.45. The largest absolute Gasteiger partial charge is 0.343 e. The predicted octanol–water partition coefficient (Wildman–Crippen LogP) is 2.90. The second kappa shape index (κ2) is 8.52. The zero-order valence-electron chi connectivity index (χ0n) is 19.8. The molecule has 3 aliphatic rings. The Morgan fingerprint density at radius 3 is 2.26 bits per heavy atom. The summed E-state index contributed by atoms with van der Waals surface area (Å²) >= 11 is 0. The molecule has 180 valence electrons. The second-order valence-corrected chi connectivity index (χ2v) is 10.3. The second-order valence-electron chi connectivity index (χ2n) is 10.3. The summed E-state index contributed by atoms with van der Waals surface area (Å²) in [6.07, 6.45) is 5.14. The molecule has 0 bridgehead atoms. The third-order valence-electron chi connectivity index (χ3n) is 8.08. The third kappa shape index (κ3) is 3.97. The van der Waals surface area contributed by atoms with Crippen molar-refractivity contribution < 1.29 is 14.5 Å². The van der Waals surface area contributed by atoms with Crippen molar-refractivity contribution in [2.75, 3.05) is 26.2 Å². The SMILES string of the molecule is Cc1nn(C)c(C(=O)N2CCC3(CCN(C(=O)CC4Cc5ccccc5C4)CC3)C2)c1[N+](=O)[O-]. The van der Waals surface area contributed by atoms with Crippen LogP contribution in [-0.2, 0) is 24.7 Å². The molecule has 34 heavy (non-hydrogen) atoms. The summed E-state index contributed by atoms with van der Waals surface area (Å²) in [5.41, 5.74) is 2.82. The van der Waals surface area contributed by atoms with Crippen LogP contribution in [0.1, 0.15) is 53.0 Å². The standard InChI is InChI=1S/C25H31N5O4/c1-17-22(30(33)34)23(27(2)26-17)24(32)29-12-9-25(16-29)7-10-28(11-8-25)21(31)15-18-13-19-5-3-4-6-20(19)14-18/h3-6,18H,7-16H2,1-2H3. The molecule has 0 atom stereocenters. The summed E-state index contributed by atoms with van der Waals surface area (Å²) in [5.74, 6) is 0.295. The van der Waals surface area contributed by atoms with Crippen LogP contribution in [0.5, 0.6) is 0 Å². The van der Waals surface area contributed by atoms with E-state index < -0.39 is 4.92 Å². The minimum atomic E-state index is -0.519. The first-order chi connectivity index (χ1) is 16.3. The van der Waals surface area contributed by atoms with Gasteiger partial charge >= 0.3 is 5.69 Å². The van der Waals surface area contributed by atoms with Crippen LogP contribution in [0.25, 0.3) is 0 Å². The molecule has 2 saturated heterocycles. The molecular formula is C25H31N5O4. The number of carbonyl (C=O) groups excluding carboxylic acids is 2. The van der Waals surface area contributed by atoms with Crippen molar-refractivity contribution in [3.8, 4) is 0 Å². The summed E-state index contributed by atoms with van der Waals surface area (Å²) < 4.78 is 1.32. The first-order valence-corrected chi connectivity index (χ1v) is 12.1. The highest BCUT2D eigenvalue weighted by atomic mass is 16.6. The van der Waals surface area contributed by atoms with Crippen LogP contribution in [0.4, 0.5) is 5.69 Å². The van der Waals surface area contributed by atoms with Crippen molar-refractivity contribution in [1.29, 1.82) is 0 Å². The number of nitrogens with zero attached hydrogens (tertiary/aromatic N) is 5. The average Bonchev–Trinajstić information content (AvgIpc) is 3.48. The topological polar surface area (TPSA) is 102 Å². The lowest BCUT2D eigenvalue weighted by molar-refractivity contribution is -0.385. The fourth-order valence-electron chi connectivity index (χ4n) is 6.17. The van der Waals surface area contributed by atoms with Crippen LogP contribution in [0.3, 0.4) is 0 Å². The Bertz CT molecular complexity index is 1120. The van der Waals surface area contributed by atoms with E-state index in [4.69, 9.17) is 0 Å². The molecule has 3 heterocycles. The molecule has 2 aromatic rings. The quantitative estimate of drug-likeness (QED) is 0.510. The highest BCUT2D eigenvalue weighted by Crippen LogP contribution is 2.41. The Morgan fingerprint density at radius 2 is 1.68 bits per heavy atom. The predicted molar refractivity (Wildman–Crippen MR) is 125 cm³/mol. The van der Waals surface area contributed by atoms with Crippen molar-refractivity contribution in [1.82, 2.24) is 19.6 Å². The monoisotopic (exact) mass is 465 g/mol. The van der Waals surface area contributed by atoms with Gasteiger partial charge in [0.25, 0.3) is 5.91 Å². The van der Waals surface area contributed by atoms with E-state index in [1.165, 1.54) is 15.8 Å². The van der Waals surface area contributed by atoms with Crippen LogP contribution in [0, 0.1) is 28.4 Å². The highest BCUT2D eigenvalue weighted by molar-refractivity contribution is 5.97. The number of benzene rings is 1. The molecule has 5 rings (SSSR count). The van der Waals surface area contributed by atoms with Crippen molar-refractivity contribution in [2.45, 2.75) is 45.4 Å². The molecule has 1 aromatic heterocycles. The Labute approximate surface area is 198 Å². The molecule has 0 radical (unpaired) electrons. The van der Waals surface area contributed by atoms with Crippen LogP contribution in [0.2, 0.25) is 0 Å². The maximum absolute atomic E-state index is 13.2. The lowest BCUT2D eigenvalue weighted by Gasteiger charge is -2.39. The summed E-state index contributed by atoms with van der Waals surface area (Å²) in [6.45, 7) is 4.13. The fraction of sp³-hybridized carbons (Fsp3) is 0.560. The normalized spacial score (nSPS) is 19.6. The zero-order chi connectivity index (χ0) is 24.0. The van der Waals surface area contributed by atoms with Gasteiger partial charge in [0.05, 0.1) is 4.92 Å². The summed E-state index contributed by atoms with van der Waals surface area (Å²) in [7, 11) is 1.58. The number of nitro groups is 1. The fourth-order valence-corrected chi connectivity index (χ4v) is 6.17. The van der Waals surface area contributed by atoms with Crippen LogP contribution in [0.15, 0.2) is 24.3 Å². The number of carbonyl (C=O) groups is 2. The first kappa shape index (κ1) is 22.6. The van der Waals surface area contributed by atoms with Crippen LogP contribution in [-0.4, -0.2) is 62.5 Å². The maximum atomic E-state index is 13.2. The van der Waals surface area contributed by atoms with Crippen molar-refractivity contribution in [3.63, 3.8) is 0 Å². The van der Waals surface area contributed by atoms with Gasteiger partial charge in [0.2, 0.25) is 11.6 Å². The average molecular weight is 466 g/mol. The van der Waals surface area contributed by atoms with Gasteiger partial charge in [-0.2, -0.15) is 5.10 Å². The van der Waals surface area contributed by atoms with Gasteiger partial charge in [-0.05, 0) is 61.5 Å².